The highest BCUT2D eigenvalue weighted by Crippen LogP contribution is 2.42. The number of amides is 1. The molecule has 1 aromatic rings. The van der Waals surface area contributed by atoms with Gasteiger partial charge in [0.15, 0.2) is 5.96 Å². The summed E-state index contributed by atoms with van der Waals surface area (Å²) in [7, 11) is 0. The Kier molecular flexibility index (Phi) is 9.37. The minimum absolute atomic E-state index is 0. The van der Waals surface area contributed by atoms with Gasteiger partial charge in [-0.1, -0.05) is 43.5 Å². The zero-order valence-electron chi connectivity index (χ0n) is 18.8. The lowest BCUT2D eigenvalue weighted by molar-refractivity contribution is -0.128. The van der Waals surface area contributed by atoms with Crippen molar-refractivity contribution in [3.8, 4) is 0 Å². The van der Waals surface area contributed by atoms with Crippen LogP contribution in [0.15, 0.2) is 29.3 Å². The lowest BCUT2D eigenvalue weighted by Crippen LogP contribution is -2.53. The third-order valence-corrected chi connectivity index (χ3v) is 8.16. The first kappa shape index (κ1) is 24.7. The summed E-state index contributed by atoms with van der Waals surface area (Å²) in [5.41, 5.74) is 2.43. The SMILES string of the molecule is CCNC(=NCc1ccc(CN2CCCC2=O)cc1)N1CCSC2(CCCCC2)C1.I. The number of nitrogens with one attached hydrogen (secondary N) is 1. The number of likely N-dealkylation sites (tertiary alicyclic amines) is 1. The zero-order valence-corrected chi connectivity index (χ0v) is 21.9. The smallest absolute Gasteiger partial charge is 0.222 e. The molecule has 1 spiro atoms. The molecular formula is C24H37IN4OS. The number of hydrogen-bond donors (Lipinski definition) is 1. The number of thioether (sulfide) groups is 1. The monoisotopic (exact) mass is 556 g/mol. The van der Waals surface area contributed by atoms with E-state index in [1.54, 1.807) is 0 Å². The minimum atomic E-state index is 0. The summed E-state index contributed by atoms with van der Waals surface area (Å²) < 4.78 is 0.446. The molecule has 1 saturated carbocycles. The van der Waals surface area contributed by atoms with Gasteiger partial charge in [0.05, 0.1) is 6.54 Å². The summed E-state index contributed by atoms with van der Waals surface area (Å²) in [5, 5.41) is 3.53. The van der Waals surface area contributed by atoms with Crippen molar-refractivity contribution in [1.29, 1.82) is 0 Å². The Morgan fingerprint density at radius 3 is 2.52 bits per heavy atom. The van der Waals surface area contributed by atoms with Crippen LogP contribution >= 0.6 is 35.7 Å². The number of benzene rings is 1. The van der Waals surface area contributed by atoms with Crippen LogP contribution in [0.25, 0.3) is 0 Å². The predicted octanol–water partition coefficient (Wildman–Crippen LogP) is 4.64. The van der Waals surface area contributed by atoms with Gasteiger partial charge >= 0.3 is 0 Å². The molecule has 1 aromatic carbocycles. The van der Waals surface area contributed by atoms with E-state index in [0.29, 0.717) is 17.7 Å². The Hall–Kier alpha value is -0.960. The van der Waals surface area contributed by atoms with Crippen LogP contribution in [0.2, 0.25) is 0 Å². The normalized spacial score (nSPS) is 21.3. The fourth-order valence-corrected chi connectivity index (χ4v) is 6.53. The van der Waals surface area contributed by atoms with Gasteiger partial charge in [-0.05, 0) is 37.3 Å². The van der Waals surface area contributed by atoms with Crippen molar-refractivity contribution in [2.45, 2.75) is 69.7 Å². The van der Waals surface area contributed by atoms with E-state index < -0.39 is 0 Å². The van der Waals surface area contributed by atoms with Crippen LogP contribution < -0.4 is 5.32 Å². The van der Waals surface area contributed by atoms with Gasteiger partial charge in [-0.15, -0.1) is 24.0 Å². The molecule has 1 N–H and O–H groups in total. The summed E-state index contributed by atoms with van der Waals surface area (Å²) in [5.74, 6) is 2.55. The molecule has 0 unspecified atom stereocenters. The molecule has 4 rings (SSSR count). The lowest BCUT2D eigenvalue weighted by Gasteiger charge is -2.45. The number of hydrogen-bond acceptors (Lipinski definition) is 3. The Labute approximate surface area is 208 Å². The van der Waals surface area contributed by atoms with Crippen LogP contribution in [0.1, 0.15) is 63.0 Å². The number of carbonyl (C=O) groups is 1. The van der Waals surface area contributed by atoms with E-state index in [1.807, 2.05) is 4.90 Å². The van der Waals surface area contributed by atoms with E-state index in [1.165, 1.54) is 49.0 Å². The van der Waals surface area contributed by atoms with Gasteiger partial charge in [0, 0.05) is 49.6 Å². The van der Waals surface area contributed by atoms with E-state index in [4.69, 9.17) is 4.99 Å². The lowest BCUT2D eigenvalue weighted by atomic mass is 9.87. The standard InChI is InChI=1S/C24H36N4OS.HI/c1-2-25-23(28-15-16-30-24(19-28)12-4-3-5-13-24)26-17-20-8-10-21(11-9-20)18-27-14-6-7-22(27)29;/h8-11H,2-7,12-19H2,1H3,(H,25,26);1H. The molecule has 1 amide bonds. The molecule has 1 aliphatic carbocycles. The summed E-state index contributed by atoms with van der Waals surface area (Å²) in [6.07, 6.45) is 8.57. The van der Waals surface area contributed by atoms with Crippen LogP contribution in [-0.4, -0.2) is 58.3 Å². The van der Waals surface area contributed by atoms with E-state index in [9.17, 15) is 4.79 Å². The third kappa shape index (κ3) is 6.53. The number of aliphatic imine (C=N–C) groups is 1. The first-order valence-electron chi connectivity index (χ1n) is 11.7. The molecule has 7 heteroatoms. The molecule has 0 radical (unpaired) electrons. The van der Waals surface area contributed by atoms with Crippen LogP contribution in [0, 0.1) is 0 Å². The van der Waals surface area contributed by atoms with E-state index in [0.717, 1.165) is 45.1 Å². The van der Waals surface area contributed by atoms with Gasteiger partial charge in [-0.25, -0.2) is 4.99 Å². The fourth-order valence-electron chi connectivity index (χ4n) is 4.96. The van der Waals surface area contributed by atoms with Gasteiger partial charge in [-0.2, -0.15) is 11.8 Å². The molecule has 172 valence electrons. The minimum Gasteiger partial charge on any atom is -0.357 e. The Bertz CT molecular complexity index is 743. The van der Waals surface area contributed by atoms with Crippen LogP contribution in [0.3, 0.4) is 0 Å². The van der Waals surface area contributed by atoms with Crippen molar-refractivity contribution < 1.29 is 4.79 Å². The van der Waals surface area contributed by atoms with E-state index in [2.05, 4.69) is 53.2 Å². The van der Waals surface area contributed by atoms with Gasteiger partial charge in [-0.3, -0.25) is 4.79 Å². The molecule has 2 heterocycles. The average molecular weight is 557 g/mol. The van der Waals surface area contributed by atoms with Gasteiger partial charge in [0.25, 0.3) is 0 Å². The van der Waals surface area contributed by atoms with Crippen molar-refractivity contribution in [1.82, 2.24) is 15.1 Å². The molecule has 5 nitrogen and oxygen atoms in total. The Morgan fingerprint density at radius 2 is 1.84 bits per heavy atom. The van der Waals surface area contributed by atoms with Crippen LogP contribution in [-0.2, 0) is 17.9 Å². The van der Waals surface area contributed by atoms with Gasteiger partial charge < -0.3 is 15.1 Å². The molecule has 3 aliphatic rings. The molecule has 2 aliphatic heterocycles. The van der Waals surface area contributed by atoms with Crippen LogP contribution in [0.4, 0.5) is 0 Å². The number of guanidine groups is 1. The van der Waals surface area contributed by atoms with Crippen molar-refractivity contribution in [3.05, 3.63) is 35.4 Å². The summed E-state index contributed by atoms with van der Waals surface area (Å²) in [4.78, 5) is 21.3. The number of halogens is 1. The van der Waals surface area contributed by atoms with Crippen molar-refractivity contribution in [2.24, 2.45) is 4.99 Å². The highest BCUT2D eigenvalue weighted by atomic mass is 127. The first-order valence-corrected chi connectivity index (χ1v) is 12.7. The first-order chi connectivity index (χ1) is 14.7. The maximum atomic E-state index is 11.8. The fraction of sp³-hybridized carbons (Fsp3) is 0.667. The van der Waals surface area contributed by atoms with Crippen LogP contribution in [0.5, 0.6) is 0 Å². The van der Waals surface area contributed by atoms with Crippen molar-refractivity contribution in [2.75, 3.05) is 31.9 Å². The number of carbonyl (C=O) groups excluding carboxylic acids is 1. The quantitative estimate of drug-likeness (QED) is 0.326. The Morgan fingerprint density at radius 1 is 1.10 bits per heavy atom. The Balaban J connectivity index is 0.00000272. The number of nitrogens with zero attached hydrogens (tertiary/aromatic N) is 3. The highest BCUT2D eigenvalue weighted by Gasteiger charge is 2.38. The molecule has 31 heavy (non-hydrogen) atoms. The third-order valence-electron chi connectivity index (χ3n) is 6.63. The maximum Gasteiger partial charge on any atom is 0.222 e. The number of rotatable bonds is 5. The second-order valence-electron chi connectivity index (χ2n) is 8.92. The average Bonchev–Trinajstić information content (AvgIpc) is 3.17. The van der Waals surface area contributed by atoms with Crippen molar-refractivity contribution >= 4 is 47.6 Å². The maximum absolute atomic E-state index is 11.8. The summed E-state index contributed by atoms with van der Waals surface area (Å²) in [6.45, 7) is 7.59. The summed E-state index contributed by atoms with van der Waals surface area (Å²) >= 11 is 2.20. The molecule has 3 fully saturated rings. The second kappa shape index (κ2) is 11.8. The molecular weight excluding hydrogens is 519 g/mol. The zero-order chi connectivity index (χ0) is 20.8. The second-order valence-corrected chi connectivity index (χ2v) is 10.5. The molecule has 2 saturated heterocycles. The molecule has 0 atom stereocenters. The summed E-state index contributed by atoms with van der Waals surface area (Å²) in [6, 6.07) is 8.63. The van der Waals surface area contributed by atoms with E-state index >= 15 is 0 Å². The molecule has 0 aromatic heterocycles. The van der Waals surface area contributed by atoms with Crippen molar-refractivity contribution in [3.63, 3.8) is 0 Å². The van der Waals surface area contributed by atoms with Gasteiger partial charge in [0.2, 0.25) is 5.91 Å². The topological polar surface area (TPSA) is 47.9 Å². The largest absolute Gasteiger partial charge is 0.357 e. The van der Waals surface area contributed by atoms with E-state index in [-0.39, 0.29) is 29.9 Å². The van der Waals surface area contributed by atoms with Gasteiger partial charge in [0.1, 0.15) is 0 Å². The molecule has 0 bridgehead atoms. The highest BCUT2D eigenvalue weighted by molar-refractivity contribution is 14.0. The predicted molar refractivity (Wildman–Crippen MR) is 141 cm³/mol.